The van der Waals surface area contributed by atoms with Crippen LogP contribution in [-0.4, -0.2) is 30.2 Å². The van der Waals surface area contributed by atoms with Crippen LogP contribution in [0.2, 0.25) is 0 Å². The maximum absolute atomic E-state index is 13.1. The Morgan fingerprint density at radius 2 is 1.73 bits per heavy atom. The normalized spacial score (nSPS) is 10.7. The zero-order valence-corrected chi connectivity index (χ0v) is 9.47. The summed E-state index contributed by atoms with van der Waals surface area (Å²) in [4.78, 5) is 7.97. The summed E-state index contributed by atoms with van der Waals surface area (Å²) in [5.41, 5.74) is 0. The van der Waals surface area contributed by atoms with Crippen molar-refractivity contribution in [2.24, 2.45) is 7.05 Å². The molecule has 9 heteroatoms. The third-order valence-corrected chi connectivity index (χ3v) is 2.37. The van der Waals surface area contributed by atoms with Gasteiger partial charge >= 0.3 is 0 Å². The molecule has 0 saturated heterocycles. The molecule has 0 bridgehead atoms. The highest BCUT2D eigenvalue weighted by Gasteiger charge is 2.15. The fourth-order valence-electron chi connectivity index (χ4n) is 0.868. The van der Waals surface area contributed by atoms with Crippen LogP contribution in [-0.2, 0) is 7.05 Å². The summed E-state index contributed by atoms with van der Waals surface area (Å²) in [6, 6.07) is 0. The lowest BCUT2D eigenvalue weighted by atomic mass is 10.5. The summed E-state index contributed by atoms with van der Waals surface area (Å²) >= 11 is 1.47. The first kappa shape index (κ1) is 10.3. The monoisotopic (exact) mass is 324 g/mol. The Kier molecular flexibility index (Phi) is 2.54. The van der Waals surface area contributed by atoms with Gasteiger partial charge < -0.3 is 0 Å². The Labute approximate surface area is 95.9 Å². The summed E-state index contributed by atoms with van der Waals surface area (Å²) in [6.45, 7) is 0. The van der Waals surface area contributed by atoms with Gasteiger partial charge in [-0.3, -0.25) is 0 Å². The standard InChI is InChI=1S/C6H3F2IN6/c1-15-13-6(12-14-15)5-10-3(7)2(9)4(8)11-5/h1H3. The van der Waals surface area contributed by atoms with Crippen LogP contribution in [0.15, 0.2) is 0 Å². The highest BCUT2D eigenvalue weighted by Crippen LogP contribution is 2.15. The topological polar surface area (TPSA) is 69.4 Å². The van der Waals surface area contributed by atoms with E-state index in [1.165, 1.54) is 29.6 Å². The lowest BCUT2D eigenvalue weighted by Gasteiger charge is -1.97. The van der Waals surface area contributed by atoms with Crippen LogP contribution >= 0.6 is 22.6 Å². The molecule has 0 amide bonds. The molecular formula is C6H3F2IN6. The minimum Gasteiger partial charge on any atom is -0.195 e. The van der Waals surface area contributed by atoms with E-state index in [1.807, 2.05) is 0 Å². The summed E-state index contributed by atoms with van der Waals surface area (Å²) in [7, 11) is 1.52. The lowest BCUT2D eigenvalue weighted by molar-refractivity contribution is 0.514. The number of aromatic nitrogens is 6. The Balaban J connectivity index is 2.55. The molecule has 2 heterocycles. The molecule has 2 aromatic rings. The Morgan fingerprint density at radius 3 is 2.20 bits per heavy atom. The van der Waals surface area contributed by atoms with Gasteiger partial charge in [0.15, 0.2) is 0 Å². The molecule has 2 rings (SSSR count). The van der Waals surface area contributed by atoms with Crippen LogP contribution in [0.5, 0.6) is 0 Å². The van der Waals surface area contributed by atoms with E-state index in [9.17, 15) is 8.78 Å². The number of hydrogen-bond donors (Lipinski definition) is 0. The van der Waals surface area contributed by atoms with E-state index in [-0.39, 0.29) is 15.2 Å². The van der Waals surface area contributed by atoms with Gasteiger partial charge in [-0.2, -0.15) is 23.5 Å². The number of halogens is 3. The predicted octanol–water partition coefficient (Wildman–Crippen LogP) is 0.550. The maximum atomic E-state index is 13.1. The van der Waals surface area contributed by atoms with Crippen molar-refractivity contribution in [2.45, 2.75) is 0 Å². The van der Waals surface area contributed by atoms with E-state index in [2.05, 4.69) is 25.4 Å². The lowest BCUT2D eigenvalue weighted by Crippen LogP contribution is -2.02. The van der Waals surface area contributed by atoms with Crippen molar-refractivity contribution in [3.8, 4) is 11.6 Å². The second-order valence-corrected chi connectivity index (χ2v) is 3.62. The van der Waals surface area contributed by atoms with E-state index in [0.717, 1.165) is 4.80 Å². The molecule has 0 aromatic carbocycles. The molecule has 0 radical (unpaired) electrons. The molecule has 78 valence electrons. The van der Waals surface area contributed by atoms with Crippen molar-refractivity contribution in [1.82, 2.24) is 30.2 Å². The number of hydrogen-bond acceptors (Lipinski definition) is 5. The smallest absolute Gasteiger partial charge is 0.195 e. The molecule has 15 heavy (non-hydrogen) atoms. The largest absolute Gasteiger partial charge is 0.242 e. The van der Waals surface area contributed by atoms with E-state index in [0.29, 0.717) is 0 Å². The Morgan fingerprint density at radius 1 is 1.13 bits per heavy atom. The van der Waals surface area contributed by atoms with Gasteiger partial charge in [-0.1, -0.05) is 0 Å². The van der Waals surface area contributed by atoms with Gasteiger partial charge in [0.25, 0.3) is 0 Å². The number of rotatable bonds is 1. The number of tetrazole rings is 1. The molecule has 0 fully saturated rings. The van der Waals surface area contributed by atoms with Crippen LogP contribution in [0.4, 0.5) is 8.78 Å². The van der Waals surface area contributed by atoms with Crippen molar-refractivity contribution in [2.75, 3.05) is 0 Å². The van der Waals surface area contributed by atoms with Gasteiger partial charge in [0.1, 0.15) is 3.57 Å². The fraction of sp³-hybridized carbons (Fsp3) is 0.167. The van der Waals surface area contributed by atoms with Gasteiger partial charge in [0, 0.05) is 0 Å². The fourth-order valence-corrected chi connectivity index (χ4v) is 1.11. The number of nitrogens with zero attached hydrogens (tertiary/aromatic N) is 6. The van der Waals surface area contributed by atoms with E-state index < -0.39 is 11.9 Å². The van der Waals surface area contributed by atoms with Gasteiger partial charge in [0.2, 0.25) is 23.5 Å². The first-order valence-electron chi connectivity index (χ1n) is 3.71. The van der Waals surface area contributed by atoms with Crippen molar-refractivity contribution in [1.29, 1.82) is 0 Å². The van der Waals surface area contributed by atoms with Crippen LogP contribution in [0, 0.1) is 15.5 Å². The average Bonchev–Trinajstić information content (AvgIpc) is 2.60. The molecule has 0 aliphatic rings. The van der Waals surface area contributed by atoms with Crippen molar-refractivity contribution < 1.29 is 8.78 Å². The summed E-state index contributed by atoms with van der Waals surface area (Å²) in [5, 5.41) is 10.8. The summed E-state index contributed by atoms with van der Waals surface area (Å²) < 4.78 is 25.8. The highest BCUT2D eigenvalue weighted by atomic mass is 127. The SMILES string of the molecule is Cn1nnc(-c2nc(F)c(I)c(F)n2)n1. The van der Waals surface area contributed by atoms with E-state index in [1.54, 1.807) is 0 Å². The van der Waals surface area contributed by atoms with Gasteiger partial charge in [-0.05, 0) is 27.8 Å². The molecule has 0 aliphatic heterocycles. The summed E-state index contributed by atoms with van der Waals surface area (Å²) in [5.74, 6) is -2.12. The minimum atomic E-state index is -0.939. The molecule has 6 nitrogen and oxygen atoms in total. The van der Waals surface area contributed by atoms with Crippen LogP contribution in [0.1, 0.15) is 0 Å². The minimum absolute atomic E-state index is 0.0216. The van der Waals surface area contributed by atoms with Gasteiger partial charge in [-0.15, -0.1) is 10.2 Å². The van der Waals surface area contributed by atoms with Crippen LogP contribution in [0.25, 0.3) is 11.6 Å². The van der Waals surface area contributed by atoms with Crippen molar-refractivity contribution in [3.63, 3.8) is 0 Å². The third kappa shape index (κ3) is 1.91. The van der Waals surface area contributed by atoms with Gasteiger partial charge in [-0.25, -0.2) is 0 Å². The highest BCUT2D eigenvalue weighted by molar-refractivity contribution is 14.1. The molecule has 0 unspecified atom stereocenters. The summed E-state index contributed by atoms with van der Waals surface area (Å²) in [6.07, 6.45) is 0. The first-order valence-corrected chi connectivity index (χ1v) is 4.78. The Hall–Kier alpha value is -1.26. The Bertz CT molecular complexity index is 489. The van der Waals surface area contributed by atoms with Crippen LogP contribution in [0.3, 0.4) is 0 Å². The molecule has 0 atom stereocenters. The molecule has 0 spiro atoms. The number of aryl methyl sites for hydroxylation is 1. The van der Waals surface area contributed by atoms with Crippen LogP contribution < -0.4 is 0 Å². The average molecular weight is 324 g/mol. The third-order valence-electron chi connectivity index (χ3n) is 1.48. The predicted molar refractivity (Wildman–Crippen MR) is 52.5 cm³/mol. The molecule has 0 N–H and O–H groups in total. The van der Waals surface area contributed by atoms with E-state index in [4.69, 9.17) is 0 Å². The van der Waals surface area contributed by atoms with Crippen molar-refractivity contribution in [3.05, 3.63) is 15.5 Å². The molecular weight excluding hydrogens is 321 g/mol. The maximum Gasteiger partial charge on any atom is 0.242 e. The zero-order chi connectivity index (χ0) is 11.0. The van der Waals surface area contributed by atoms with Crippen molar-refractivity contribution >= 4 is 22.6 Å². The second kappa shape index (κ2) is 3.72. The molecule has 0 aliphatic carbocycles. The molecule has 0 saturated carbocycles. The van der Waals surface area contributed by atoms with E-state index >= 15 is 0 Å². The quantitative estimate of drug-likeness (QED) is 0.566. The first-order chi connectivity index (χ1) is 7.08. The molecule has 2 aromatic heterocycles. The zero-order valence-electron chi connectivity index (χ0n) is 7.32. The second-order valence-electron chi connectivity index (χ2n) is 2.55. The van der Waals surface area contributed by atoms with Gasteiger partial charge in [0.05, 0.1) is 7.05 Å².